The number of carbonyl (C=O) groups excluding carboxylic acids is 1. The summed E-state index contributed by atoms with van der Waals surface area (Å²) >= 11 is 1.60. The van der Waals surface area contributed by atoms with Crippen LogP contribution in [0.1, 0.15) is 15.3 Å². The van der Waals surface area contributed by atoms with Crippen molar-refractivity contribution in [1.82, 2.24) is 5.43 Å². The third-order valence-electron chi connectivity index (χ3n) is 2.42. The molecule has 0 aliphatic carbocycles. The normalized spacial score (nSPS) is 10.8. The molecule has 0 aliphatic rings. The van der Waals surface area contributed by atoms with Gasteiger partial charge in [-0.15, -0.1) is 11.3 Å². The summed E-state index contributed by atoms with van der Waals surface area (Å²) in [6.07, 6.45) is 1.79. The van der Waals surface area contributed by atoms with Crippen LogP contribution in [0.25, 0.3) is 0 Å². The predicted octanol–water partition coefficient (Wildman–Crippen LogP) is 2.89. The van der Waals surface area contributed by atoms with Crippen molar-refractivity contribution >= 4 is 23.5 Å². The Hall–Kier alpha value is -2.01. The molecule has 1 N–H and O–H groups in total. The largest absolute Gasteiger partial charge is 0.273 e. The van der Waals surface area contributed by atoms with Gasteiger partial charge in [0.15, 0.2) is 0 Å². The average Bonchev–Trinajstić information content (AvgIpc) is 2.78. The van der Waals surface area contributed by atoms with Crippen LogP contribution in [0.4, 0.5) is 4.39 Å². The Balaban J connectivity index is 1.84. The number of hydrogen-bond acceptors (Lipinski definition) is 3. The van der Waals surface area contributed by atoms with Crippen LogP contribution in [0.3, 0.4) is 0 Å². The summed E-state index contributed by atoms with van der Waals surface area (Å²) in [7, 11) is 0. The molecule has 5 heteroatoms. The second-order valence-corrected chi connectivity index (χ2v) is 5.36. The summed E-state index contributed by atoms with van der Waals surface area (Å²) in [5, 5.41) is 3.88. The van der Waals surface area contributed by atoms with Crippen LogP contribution in [0.15, 0.2) is 41.5 Å². The van der Waals surface area contributed by atoms with E-state index in [1.807, 2.05) is 19.1 Å². The van der Waals surface area contributed by atoms with Gasteiger partial charge in [-0.25, -0.2) is 9.82 Å². The highest BCUT2D eigenvalue weighted by Gasteiger charge is 2.02. The van der Waals surface area contributed by atoms with Crippen LogP contribution < -0.4 is 5.43 Å². The number of amides is 1. The van der Waals surface area contributed by atoms with Crippen molar-refractivity contribution < 1.29 is 9.18 Å². The molecule has 19 heavy (non-hydrogen) atoms. The zero-order chi connectivity index (χ0) is 13.7. The van der Waals surface area contributed by atoms with Gasteiger partial charge in [0.25, 0.3) is 0 Å². The first-order chi connectivity index (χ1) is 9.13. The van der Waals surface area contributed by atoms with Crippen molar-refractivity contribution in [3.05, 3.63) is 57.5 Å². The summed E-state index contributed by atoms with van der Waals surface area (Å²) in [6, 6.07) is 9.77. The van der Waals surface area contributed by atoms with E-state index in [-0.39, 0.29) is 18.1 Å². The van der Waals surface area contributed by atoms with E-state index in [0.717, 1.165) is 10.4 Å². The van der Waals surface area contributed by atoms with E-state index < -0.39 is 0 Å². The van der Waals surface area contributed by atoms with Crippen LogP contribution >= 0.6 is 11.3 Å². The van der Waals surface area contributed by atoms with Crippen molar-refractivity contribution in [2.24, 2.45) is 5.10 Å². The average molecular weight is 276 g/mol. The summed E-state index contributed by atoms with van der Waals surface area (Å²) < 4.78 is 12.7. The van der Waals surface area contributed by atoms with Gasteiger partial charge in [0.05, 0.1) is 12.6 Å². The number of carbonyl (C=O) groups is 1. The van der Waals surface area contributed by atoms with Gasteiger partial charge in [-0.05, 0) is 36.8 Å². The van der Waals surface area contributed by atoms with Gasteiger partial charge < -0.3 is 0 Å². The molecule has 1 heterocycles. The fraction of sp³-hybridized carbons (Fsp3) is 0.143. The smallest absolute Gasteiger partial charge is 0.244 e. The maximum absolute atomic E-state index is 12.7. The Labute approximate surface area is 114 Å². The van der Waals surface area contributed by atoms with Gasteiger partial charge in [-0.1, -0.05) is 12.1 Å². The molecule has 0 fully saturated rings. The number of aryl methyl sites for hydroxylation is 1. The lowest BCUT2D eigenvalue weighted by atomic mass is 10.1. The number of hydrazone groups is 1. The van der Waals surface area contributed by atoms with Crippen LogP contribution in [-0.2, 0) is 11.2 Å². The van der Waals surface area contributed by atoms with Gasteiger partial charge in [0.2, 0.25) is 5.91 Å². The minimum Gasteiger partial charge on any atom is -0.273 e. The van der Waals surface area contributed by atoms with Gasteiger partial charge in [-0.2, -0.15) is 5.10 Å². The molecule has 0 saturated heterocycles. The van der Waals surface area contributed by atoms with Gasteiger partial charge >= 0.3 is 0 Å². The Bertz CT molecular complexity index is 590. The molecule has 3 nitrogen and oxygen atoms in total. The zero-order valence-corrected chi connectivity index (χ0v) is 11.2. The Morgan fingerprint density at radius 3 is 2.68 bits per heavy atom. The van der Waals surface area contributed by atoms with Gasteiger partial charge in [0, 0.05) is 9.75 Å². The number of hydrogen-bond donors (Lipinski definition) is 1. The second-order valence-electron chi connectivity index (χ2n) is 4.04. The van der Waals surface area contributed by atoms with Crippen molar-refractivity contribution in [2.75, 3.05) is 0 Å². The first-order valence-corrected chi connectivity index (χ1v) is 6.58. The maximum Gasteiger partial charge on any atom is 0.244 e. The molecule has 98 valence electrons. The standard InChI is InChI=1S/C14H13FN2OS/c1-10-2-7-13(19-10)9-16-17-14(18)8-11-3-5-12(15)6-4-11/h2-7,9H,8H2,1H3,(H,17,18)/b16-9+. The minimum atomic E-state index is -0.310. The molecular formula is C14H13FN2OS. The highest BCUT2D eigenvalue weighted by molar-refractivity contribution is 7.13. The van der Waals surface area contributed by atoms with Crippen molar-refractivity contribution in [3.63, 3.8) is 0 Å². The summed E-state index contributed by atoms with van der Waals surface area (Å²) in [4.78, 5) is 13.8. The molecule has 1 aromatic heterocycles. The SMILES string of the molecule is Cc1ccc(/C=N/NC(=O)Cc2ccc(F)cc2)s1. The molecular weight excluding hydrogens is 263 g/mol. The number of nitrogens with zero attached hydrogens (tertiary/aromatic N) is 1. The van der Waals surface area contributed by atoms with E-state index in [1.165, 1.54) is 17.0 Å². The second kappa shape index (κ2) is 6.24. The molecule has 1 amide bonds. The van der Waals surface area contributed by atoms with Crippen LogP contribution in [-0.4, -0.2) is 12.1 Å². The highest BCUT2D eigenvalue weighted by atomic mass is 32.1. The third kappa shape index (κ3) is 4.30. The van der Waals surface area contributed by atoms with Gasteiger partial charge in [-0.3, -0.25) is 4.79 Å². The summed E-state index contributed by atoms with van der Waals surface area (Å²) in [6.45, 7) is 2.01. The lowest BCUT2D eigenvalue weighted by Crippen LogP contribution is -2.19. The van der Waals surface area contributed by atoms with E-state index in [2.05, 4.69) is 10.5 Å². The minimum absolute atomic E-state index is 0.182. The summed E-state index contributed by atoms with van der Waals surface area (Å²) in [5.74, 6) is -0.536. The highest BCUT2D eigenvalue weighted by Crippen LogP contribution is 2.12. The first-order valence-electron chi connectivity index (χ1n) is 5.76. The van der Waals surface area contributed by atoms with E-state index in [4.69, 9.17) is 0 Å². The predicted molar refractivity (Wildman–Crippen MR) is 74.9 cm³/mol. The number of thiophene rings is 1. The van der Waals surface area contributed by atoms with E-state index in [0.29, 0.717) is 0 Å². The fourth-order valence-corrected chi connectivity index (χ4v) is 2.27. The van der Waals surface area contributed by atoms with E-state index >= 15 is 0 Å². The topological polar surface area (TPSA) is 41.5 Å². The fourth-order valence-electron chi connectivity index (χ4n) is 1.52. The molecule has 2 rings (SSSR count). The Kier molecular flexibility index (Phi) is 4.41. The van der Waals surface area contributed by atoms with Crippen molar-refractivity contribution in [1.29, 1.82) is 0 Å². The van der Waals surface area contributed by atoms with Crippen molar-refractivity contribution in [3.8, 4) is 0 Å². The molecule has 0 unspecified atom stereocenters. The van der Waals surface area contributed by atoms with Crippen LogP contribution in [0, 0.1) is 12.7 Å². The van der Waals surface area contributed by atoms with E-state index in [9.17, 15) is 9.18 Å². The molecule has 0 atom stereocenters. The quantitative estimate of drug-likeness (QED) is 0.677. The molecule has 0 bridgehead atoms. The lowest BCUT2D eigenvalue weighted by molar-refractivity contribution is -0.120. The third-order valence-corrected chi connectivity index (χ3v) is 3.36. The lowest BCUT2D eigenvalue weighted by Gasteiger charge is -1.99. The monoisotopic (exact) mass is 276 g/mol. The molecule has 2 aromatic rings. The number of nitrogens with one attached hydrogen (secondary N) is 1. The number of halogens is 1. The Morgan fingerprint density at radius 2 is 2.05 bits per heavy atom. The van der Waals surface area contributed by atoms with E-state index in [1.54, 1.807) is 29.7 Å². The Morgan fingerprint density at radius 1 is 1.32 bits per heavy atom. The van der Waals surface area contributed by atoms with Crippen molar-refractivity contribution in [2.45, 2.75) is 13.3 Å². The molecule has 0 aliphatic heterocycles. The summed E-state index contributed by atoms with van der Waals surface area (Å²) in [5.41, 5.74) is 3.20. The van der Waals surface area contributed by atoms with Crippen LogP contribution in [0.2, 0.25) is 0 Å². The first kappa shape index (κ1) is 13.4. The number of benzene rings is 1. The molecule has 0 saturated carbocycles. The molecule has 0 radical (unpaired) electrons. The maximum atomic E-state index is 12.7. The zero-order valence-electron chi connectivity index (χ0n) is 10.4. The van der Waals surface area contributed by atoms with Crippen LogP contribution in [0.5, 0.6) is 0 Å². The molecule has 0 spiro atoms. The molecule has 1 aromatic carbocycles. The van der Waals surface area contributed by atoms with Gasteiger partial charge in [0.1, 0.15) is 5.82 Å². The number of rotatable bonds is 4.